The molecule has 1 aromatic heterocycles. The number of imide groups is 1. The van der Waals surface area contributed by atoms with Gasteiger partial charge in [0.2, 0.25) is 11.8 Å². The van der Waals surface area contributed by atoms with Crippen molar-refractivity contribution in [2.45, 2.75) is 19.9 Å². The Labute approximate surface area is 97.5 Å². The first kappa shape index (κ1) is 11.2. The fourth-order valence-corrected chi connectivity index (χ4v) is 2.54. The topological polar surface area (TPSA) is 62.3 Å². The van der Waals surface area contributed by atoms with Gasteiger partial charge in [-0.25, -0.2) is 4.98 Å². The quantitative estimate of drug-likeness (QED) is 0.762. The van der Waals surface area contributed by atoms with Gasteiger partial charge in [0, 0.05) is 11.1 Å². The summed E-state index contributed by atoms with van der Waals surface area (Å²) in [5, 5.41) is 5.20. The lowest BCUT2D eigenvalue weighted by Gasteiger charge is -2.29. The smallest absolute Gasteiger partial charge is 0.240 e. The molecule has 0 aromatic carbocycles. The van der Waals surface area contributed by atoms with Crippen LogP contribution in [0.25, 0.3) is 0 Å². The number of carbonyl (C=O) groups is 2. The standard InChI is InChI=1S/C10H13N3O2S/c1-6-5-16-10(11-6)7(2)13-3-8(14)12-9(15)4-13/h5,7H,3-4H2,1-2H3,(H,12,14,15). The summed E-state index contributed by atoms with van der Waals surface area (Å²) in [7, 11) is 0. The van der Waals surface area contributed by atoms with Crippen molar-refractivity contribution in [3.05, 3.63) is 16.1 Å². The SMILES string of the molecule is Cc1csc(C(C)N2CC(=O)NC(=O)C2)n1. The minimum atomic E-state index is -0.239. The minimum absolute atomic E-state index is 0.00806. The van der Waals surface area contributed by atoms with Gasteiger partial charge in [0.25, 0.3) is 0 Å². The number of thiazole rings is 1. The van der Waals surface area contributed by atoms with Gasteiger partial charge in [-0.15, -0.1) is 11.3 Å². The Morgan fingerprint density at radius 1 is 1.44 bits per heavy atom. The van der Waals surface area contributed by atoms with Gasteiger partial charge in [-0.05, 0) is 13.8 Å². The molecule has 1 aliphatic heterocycles. The fraction of sp³-hybridized carbons (Fsp3) is 0.500. The number of hydrogen-bond donors (Lipinski definition) is 1. The third kappa shape index (κ3) is 2.28. The highest BCUT2D eigenvalue weighted by atomic mass is 32.1. The molecule has 0 bridgehead atoms. The molecule has 16 heavy (non-hydrogen) atoms. The van der Waals surface area contributed by atoms with E-state index < -0.39 is 0 Å². The zero-order chi connectivity index (χ0) is 11.7. The van der Waals surface area contributed by atoms with Crippen molar-refractivity contribution in [3.63, 3.8) is 0 Å². The number of aromatic nitrogens is 1. The van der Waals surface area contributed by atoms with Crippen molar-refractivity contribution < 1.29 is 9.59 Å². The van der Waals surface area contributed by atoms with Crippen LogP contribution >= 0.6 is 11.3 Å². The number of rotatable bonds is 2. The number of aryl methyl sites for hydroxylation is 1. The van der Waals surface area contributed by atoms with Crippen LogP contribution in [0.15, 0.2) is 5.38 Å². The van der Waals surface area contributed by atoms with Crippen LogP contribution in [0.3, 0.4) is 0 Å². The van der Waals surface area contributed by atoms with E-state index in [9.17, 15) is 9.59 Å². The van der Waals surface area contributed by atoms with E-state index in [1.807, 2.05) is 24.1 Å². The van der Waals surface area contributed by atoms with Gasteiger partial charge >= 0.3 is 0 Å². The molecule has 1 N–H and O–H groups in total. The molecule has 2 heterocycles. The van der Waals surface area contributed by atoms with Crippen molar-refractivity contribution in [1.82, 2.24) is 15.2 Å². The number of carbonyl (C=O) groups excluding carboxylic acids is 2. The highest BCUT2D eigenvalue weighted by Crippen LogP contribution is 2.23. The van der Waals surface area contributed by atoms with Crippen LogP contribution in [0.1, 0.15) is 23.7 Å². The molecule has 1 saturated heterocycles. The molecule has 1 fully saturated rings. The van der Waals surface area contributed by atoms with Crippen LogP contribution in [-0.2, 0) is 9.59 Å². The molecule has 2 rings (SSSR count). The van der Waals surface area contributed by atoms with Gasteiger partial charge < -0.3 is 0 Å². The average Bonchev–Trinajstić information content (AvgIpc) is 2.62. The first-order valence-corrected chi connectivity index (χ1v) is 5.93. The van der Waals surface area contributed by atoms with E-state index in [2.05, 4.69) is 10.3 Å². The maximum absolute atomic E-state index is 11.2. The number of nitrogens with one attached hydrogen (secondary N) is 1. The summed E-state index contributed by atoms with van der Waals surface area (Å²) in [6.07, 6.45) is 0. The van der Waals surface area contributed by atoms with Crippen molar-refractivity contribution in [2.24, 2.45) is 0 Å². The second-order valence-electron chi connectivity index (χ2n) is 3.88. The lowest BCUT2D eigenvalue weighted by Crippen LogP contribution is -2.51. The molecular formula is C10H13N3O2S. The largest absolute Gasteiger partial charge is 0.294 e. The predicted octanol–water partition coefficient (Wildman–Crippen LogP) is 0.471. The summed E-state index contributed by atoms with van der Waals surface area (Å²) < 4.78 is 0. The van der Waals surface area contributed by atoms with Crippen LogP contribution in [0.4, 0.5) is 0 Å². The van der Waals surface area contributed by atoms with Gasteiger partial charge in [-0.2, -0.15) is 0 Å². The minimum Gasteiger partial charge on any atom is -0.294 e. The van der Waals surface area contributed by atoms with Gasteiger partial charge in [-0.1, -0.05) is 0 Å². The summed E-state index contributed by atoms with van der Waals surface area (Å²) >= 11 is 1.56. The van der Waals surface area contributed by atoms with Gasteiger partial charge in [0.1, 0.15) is 5.01 Å². The number of amides is 2. The predicted molar refractivity (Wildman–Crippen MR) is 60.0 cm³/mol. The maximum Gasteiger partial charge on any atom is 0.240 e. The molecule has 1 atom stereocenters. The molecule has 6 heteroatoms. The highest BCUT2D eigenvalue weighted by Gasteiger charge is 2.28. The Hall–Kier alpha value is -1.27. The maximum atomic E-state index is 11.2. The van der Waals surface area contributed by atoms with E-state index >= 15 is 0 Å². The summed E-state index contributed by atoms with van der Waals surface area (Å²) in [4.78, 5) is 28.7. The Morgan fingerprint density at radius 2 is 2.06 bits per heavy atom. The zero-order valence-electron chi connectivity index (χ0n) is 9.19. The van der Waals surface area contributed by atoms with E-state index in [1.165, 1.54) is 0 Å². The van der Waals surface area contributed by atoms with Gasteiger partial charge in [-0.3, -0.25) is 19.8 Å². The van der Waals surface area contributed by atoms with Crippen molar-refractivity contribution in [3.8, 4) is 0 Å². The summed E-state index contributed by atoms with van der Waals surface area (Å²) in [6.45, 7) is 4.40. The molecule has 2 amide bonds. The number of piperazine rings is 1. The molecular weight excluding hydrogens is 226 g/mol. The monoisotopic (exact) mass is 239 g/mol. The van der Waals surface area contributed by atoms with Crippen LogP contribution in [0, 0.1) is 6.92 Å². The summed E-state index contributed by atoms with van der Waals surface area (Å²) in [5.74, 6) is -0.479. The van der Waals surface area contributed by atoms with Crippen molar-refractivity contribution in [2.75, 3.05) is 13.1 Å². The van der Waals surface area contributed by atoms with Crippen LogP contribution in [0.5, 0.6) is 0 Å². The Balaban J connectivity index is 2.12. The third-order valence-electron chi connectivity index (χ3n) is 2.51. The fourth-order valence-electron chi connectivity index (χ4n) is 1.65. The van der Waals surface area contributed by atoms with Crippen LogP contribution in [-0.4, -0.2) is 34.8 Å². The molecule has 0 spiro atoms. The molecule has 0 aliphatic carbocycles. The van der Waals surface area contributed by atoms with Crippen molar-refractivity contribution >= 4 is 23.2 Å². The zero-order valence-corrected chi connectivity index (χ0v) is 10.0. The molecule has 0 saturated carbocycles. The Kier molecular flexibility index (Phi) is 3.02. The Morgan fingerprint density at radius 3 is 2.56 bits per heavy atom. The average molecular weight is 239 g/mol. The number of nitrogens with zero attached hydrogens (tertiary/aromatic N) is 2. The first-order chi connectivity index (χ1) is 7.56. The molecule has 1 aliphatic rings. The van der Waals surface area contributed by atoms with Crippen LogP contribution < -0.4 is 5.32 Å². The molecule has 1 aromatic rings. The third-order valence-corrected chi connectivity index (χ3v) is 3.65. The molecule has 1 unspecified atom stereocenters. The van der Waals surface area contributed by atoms with E-state index in [1.54, 1.807) is 11.3 Å². The normalized spacial score (nSPS) is 19.6. The van der Waals surface area contributed by atoms with Crippen molar-refractivity contribution in [1.29, 1.82) is 0 Å². The molecule has 86 valence electrons. The lowest BCUT2D eigenvalue weighted by molar-refractivity contribution is -0.137. The van der Waals surface area contributed by atoms with Crippen LogP contribution in [0.2, 0.25) is 0 Å². The second kappa shape index (κ2) is 4.31. The van der Waals surface area contributed by atoms with E-state index in [0.717, 1.165) is 10.7 Å². The Bertz CT molecular complexity index is 413. The molecule has 5 nitrogen and oxygen atoms in total. The second-order valence-corrected chi connectivity index (χ2v) is 4.77. The number of hydrogen-bond acceptors (Lipinski definition) is 5. The molecule has 0 radical (unpaired) electrons. The van der Waals surface area contributed by atoms with Gasteiger partial charge in [0.15, 0.2) is 0 Å². The van der Waals surface area contributed by atoms with E-state index in [4.69, 9.17) is 0 Å². The van der Waals surface area contributed by atoms with Gasteiger partial charge in [0.05, 0.1) is 19.1 Å². The van der Waals surface area contributed by atoms with E-state index in [0.29, 0.717) is 0 Å². The summed E-state index contributed by atoms with van der Waals surface area (Å²) in [5.41, 5.74) is 0.972. The highest BCUT2D eigenvalue weighted by molar-refractivity contribution is 7.09. The lowest BCUT2D eigenvalue weighted by atomic mass is 10.2. The summed E-state index contributed by atoms with van der Waals surface area (Å²) in [6, 6.07) is 0.00806. The van der Waals surface area contributed by atoms with E-state index in [-0.39, 0.29) is 30.9 Å². The first-order valence-electron chi connectivity index (χ1n) is 5.05.